The lowest BCUT2D eigenvalue weighted by Gasteiger charge is -2.45. The van der Waals surface area contributed by atoms with E-state index in [-0.39, 0.29) is 10.8 Å². The third-order valence-corrected chi connectivity index (χ3v) is 7.48. The van der Waals surface area contributed by atoms with Crippen LogP contribution in [0.4, 0.5) is 0 Å². The fourth-order valence-electron chi connectivity index (χ4n) is 6.34. The largest absolute Gasteiger partial charge is 0.0758 e. The summed E-state index contributed by atoms with van der Waals surface area (Å²) in [5.74, 6) is 0.397. The average molecular weight is 361 g/mol. The fourth-order valence-corrected chi connectivity index (χ4v) is 6.34. The van der Waals surface area contributed by atoms with Gasteiger partial charge < -0.3 is 0 Å². The second kappa shape index (κ2) is 5.14. The molecule has 0 bridgehead atoms. The van der Waals surface area contributed by atoms with Crippen LogP contribution < -0.4 is 0 Å². The molecule has 0 radical (unpaired) electrons. The standard InChI is InChI=1S/C28H24/c1-18-12-13-25-22(16-18)20-8-4-6-10-23(20)28(25)24-11-7-5-9-21(24)26-17-19(2)14-15-27(26,28)3/h4-17,26H,1-3H3. The number of fused-ring (bicyclic) bond motifs is 10. The quantitative estimate of drug-likeness (QED) is 0.408. The lowest BCUT2D eigenvalue weighted by Crippen LogP contribution is -2.42. The Hall–Kier alpha value is -2.86. The molecule has 136 valence electrons. The monoisotopic (exact) mass is 360 g/mol. The smallest absolute Gasteiger partial charge is 0.0563 e. The van der Waals surface area contributed by atoms with E-state index in [0.29, 0.717) is 5.92 Å². The van der Waals surface area contributed by atoms with Crippen molar-refractivity contribution in [3.63, 3.8) is 0 Å². The first-order valence-electron chi connectivity index (χ1n) is 10.3. The summed E-state index contributed by atoms with van der Waals surface area (Å²) in [5, 5.41) is 0. The van der Waals surface area contributed by atoms with E-state index in [1.807, 2.05) is 0 Å². The molecule has 1 spiro atoms. The van der Waals surface area contributed by atoms with Gasteiger partial charge in [-0.3, -0.25) is 0 Å². The highest BCUT2D eigenvalue weighted by Gasteiger charge is 2.63. The lowest BCUT2D eigenvalue weighted by molar-refractivity contribution is 0.293. The molecule has 3 aromatic rings. The van der Waals surface area contributed by atoms with Crippen LogP contribution in [0.15, 0.2) is 90.5 Å². The Labute approximate surface area is 167 Å². The summed E-state index contributed by atoms with van der Waals surface area (Å²) in [7, 11) is 0. The average Bonchev–Trinajstić information content (AvgIpc) is 3.12. The number of benzene rings is 3. The van der Waals surface area contributed by atoms with Gasteiger partial charge in [0, 0.05) is 11.3 Å². The number of aryl methyl sites for hydroxylation is 1. The van der Waals surface area contributed by atoms with E-state index in [2.05, 4.69) is 106 Å². The summed E-state index contributed by atoms with van der Waals surface area (Å²) in [6, 6.07) is 25.3. The molecule has 3 atom stereocenters. The Morgan fingerprint density at radius 3 is 2.32 bits per heavy atom. The highest BCUT2D eigenvalue weighted by Crippen LogP contribution is 2.70. The molecular formula is C28H24. The van der Waals surface area contributed by atoms with Crippen molar-refractivity contribution in [3.05, 3.63) is 118 Å². The number of hydrogen-bond acceptors (Lipinski definition) is 0. The summed E-state index contributed by atoms with van der Waals surface area (Å²) < 4.78 is 0. The van der Waals surface area contributed by atoms with Crippen molar-refractivity contribution in [1.82, 2.24) is 0 Å². The third-order valence-electron chi connectivity index (χ3n) is 7.48. The molecule has 0 amide bonds. The van der Waals surface area contributed by atoms with Gasteiger partial charge in [-0.1, -0.05) is 103 Å². The molecule has 0 heteroatoms. The van der Waals surface area contributed by atoms with Crippen molar-refractivity contribution in [2.45, 2.75) is 32.1 Å². The van der Waals surface area contributed by atoms with Crippen molar-refractivity contribution in [1.29, 1.82) is 0 Å². The molecule has 0 saturated heterocycles. The Kier molecular flexibility index (Phi) is 2.96. The van der Waals surface area contributed by atoms with Gasteiger partial charge in [-0.25, -0.2) is 0 Å². The van der Waals surface area contributed by atoms with Crippen LogP contribution in [0.2, 0.25) is 0 Å². The fraction of sp³-hybridized carbons (Fsp3) is 0.214. The van der Waals surface area contributed by atoms with Gasteiger partial charge in [0.15, 0.2) is 0 Å². The van der Waals surface area contributed by atoms with Crippen LogP contribution in [0, 0.1) is 12.3 Å². The second-order valence-electron chi connectivity index (χ2n) is 8.94. The minimum atomic E-state index is -0.137. The number of hydrogen-bond donors (Lipinski definition) is 0. The first-order valence-corrected chi connectivity index (χ1v) is 10.3. The minimum absolute atomic E-state index is 0.0210. The molecule has 6 rings (SSSR count). The SMILES string of the molecule is CC1=CC2c3ccccc3C3(c4ccccc4-c4cc(C)ccc43)C2(C)C=C1. The molecule has 0 saturated carbocycles. The van der Waals surface area contributed by atoms with Gasteiger partial charge in [0.25, 0.3) is 0 Å². The van der Waals surface area contributed by atoms with Gasteiger partial charge in [0.2, 0.25) is 0 Å². The van der Waals surface area contributed by atoms with Crippen LogP contribution in [0.3, 0.4) is 0 Å². The van der Waals surface area contributed by atoms with Gasteiger partial charge >= 0.3 is 0 Å². The third kappa shape index (κ3) is 1.64. The summed E-state index contributed by atoms with van der Waals surface area (Å²) in [6.45, 7) is 6.90. The Morgan fingerprint density at radius 2 is 1.46 bits per heavy atom. The van der Waals surface area contributed by atoms with Gasteiger partial charge in [0.1, 0.15) is 0 Å². The molecular weight excluding hydrogens is 336 g/mol. The van der Waals surface area contributed by atoms with E-state index < -0.39 is 0 Å². The van der Waals surface area contributed by atoms with Crippen LogP contribution in [0.25, 0.3) is 11.1 Å². The van der Waals surface area contributed by atoms with Gasteiger partial charge in [0.05, 0.1) is 5.41 Å². The van der Waals surface area contributed by atoms with E-state index in [4.69, 9.17) is 0 Å². The molecule has 3 aliphatic carbocycles. The molecule has 0 aliphatic heterocycles. The number of allylic oxidation sites excluding steroid dienone is 4. The minimum Gasteiger partial charge on any atom is -0.0758 e. The Morgan fingerprint density at radius 1 is 0.750 bits per heavy atom. The van der Waals surface area contributed by atoms with Gasteiger partial charge in [-0.2, -0.15) is 0 Å². The van der Waals surface area contributed by atoms with Crippen LogP contribution in [0.5, 0.6) is 0 Å². The summed E-state index contributed by atoms with van der Waals surface area (Å²) >= 11 is 0. The van der Waals surface area contributed by atoms with Crippen molar-refractivity contribution < 1.29 is 0 Å². The highest BCUT2D eigenvalue weighted by atomic mass is 14.6. The van der Waals surface area contributed by atoms with E-state index in [1.165, 1.54) is 44.5 Å². The van der Waals surface area contributed by atoms with Crippen molar-refractivity contribution in [2.24, 2.45) is 5.41 Å². The first-order chi connectivity index (χ1) is 13.6. The van der Waals surface area contributed by atoms with Crippen LogP contribution in [-0.2, 0) is 5.41 Å². The van der Waals surface area contributed by atoms with Crippen LogP contribution in [-0.4, -0.2) is 0 Å². The molecule has 0 aromatic heterocycles. The molecule has 28 heavy (non-hydrogen) atoms. The first kappa shape index (κ1) is 16.1. The maximum Gasteiger partial charge on any atom is 0.0563 e. The van der Waals surface area contributed by atoms with Gasteiger partial charge in [-0.05, 0) is 47.2 Å². The lowest BCUT2D eigenvalue weighted by atomic mass is 9.56. The topological polar surface area (TPSA) is 0 Å². The Balaban J connectivity index is 1.83. The van der Waals surface area contributed by atoms with Crippen molar-refractivity contribution in [2.75, 3.05) is 0 Å². The molecule has 0 nitrogen and oxygen atoms in total. The normalized spacial score (nSPS) is 28.5. The number of rotatable bonds is 0. The molecule has 3 unspecified atom stereocenters. The predicted octanol–water partition coefficient (Wildman–Crippen LogP) is 6.93. The molecule has 0 fully saturated rings. The summed E-state index contributed by atoms with van der Waals surface area (Å²) in [4.78, 5) is 0. The zero-order valence-corrected chi connectivity index (χ0v) is 16.7. The molecule has 0 N–H and O–H groups in total. The van der Waals surface area contributed by atoms with Crippen molar-refractivity contribution >= 4 is 0 Å². The highest BCUT2D eigenvalue weighted by molar-refractivity contribution is 5.87. The van der Waals surface area contributed by atoms with Crippen LogP contribution in [0.1, 0.15) is 47.6 Å². The van der Waals surface area contributed by atoms with E-state index >= 15 is 0 Å². The van der Waals surface area contributed by atoms with Crippen LogP contribution >= 0.6 is 0 Å². The predicted molar refractivity (Wildman–Crippen MR) is 117 cm³/mol. The van der Waals surface area contributed by atoms with E-state index in [1.54, 1.807) is 0 Å². The molecule has 3 aromatic carbocycles. The maximum atomic E-state index is 2.50. The zero-order valence-electron chi connectivity index (χ0n) is 16.7. The maximum absolute atomic E-state index is 2.50. The summed E-state index contributed by atoms with van der Waals surface area (Å²) in [5.41, 5.74) is 11.2. The second-order valence-corrected chi connectivity index (χ2v) is 8.94. The Bertz CT molecular complexity index is 1210. The van der Waals surface area contributed by atoms with Crippen molar-refractivity contribution in [3.8, 4) is 11.1 Å². The molecule has 3 aliphatic rings. The van der Waals surface area contributed by atoms with E-state index in [0.717, 1.165) is 0 Å². The van der Waals surface area contributed by atoms with E-state index in [9.17, 15) is 0 Å². The van der Waals surface area contributed by atoms with Gasteiger partial charge in [-0.15, -0.1) is 0 Å². The summed E-state index contributed by atoms with van der Waals surface area (Å²) in [6.07, 6.45) is 7.32. The molecule has 0 heterocycles. The zero-order chi connectivity index (χ0) is 19.1.